The number of anilines is 3. The molecule has 10 heteroatoms. The van der Waals surface area contributed by atoms with Crippen molar-refractivity contribution in [2.75, 3.05) is 23.6 Å². The van der Waals surface area contributed by atoms with Gasteiger partial charge in [-0.15, -0.1) is 22.0 Å². The van der Waals surface area contributed by atoms with Crippen molar-refractivity contribution in [2.24, 2.45) is 0 Å². The largest absolute Gasteiger partial charge is 0.477 e. The fourth-order valence-electron chi connectivity index (χ4n) is 2.15. The smallest absolute Gasteiger partial charge is 0.277 e. The summed E-state index contributed by atoms with van der Waals surface area (Å²) >= 11 is 1.74. The Balaban J connectivity index is 1.71. The van der Waals surface area contributed by atoms with Crippen molar-refractivity contribution in [2.45, 2.75) is 4.90 Å². The molecule has 0 amide bonds. The first-order valence-electron chi connectivity index (χ1n) is 6.75. The van der Waals surface area contributed by atoms with Gasteiger partial charge in [0.2, 0.25) is 5.95 Å². The summed E-state index contributed by atoms with van der Waals surface area (Å²) in [5.74, 6) is 2.52. The van der Waals surface area contributed by atoms with Crippen molar-refractivity contribution < 1.29 is 4.74 Å². The minimum absolute atomic E-state index is 0.280. The predicted molar refractivity (Wildman–Crippen MR) is 85.8 cm³/mol. The minimum Gasteiger partial charge on any atom is -0.477 e. The van der Waals surface area contributed by atoms with E-state index in [4.69, 9.17) is 4.74 Å². The van der Waals surface area contributed by atoms with E-state index in [0.29, 0.717) is 17.6 Å². The molecule has 3 heterocycles. The number of thioether (sulfide) groups is 1. The van der Waals surface area contributed by atoms with Gasteiger partial charge in [0.05, 0.1) is 13.0 Å². The van der Waals surface area contributed by atoms with Crippen molar-refractivity contribution in [3.63, 3.8) is 0 Å². The molecule has 1 aliphatic heterocycles. The Morgan fingerprint density at radius 1 is 1.30 bits per heavy atom. The van der Waals surface area contributed by atoms with Crippen molar-refractivity contribution in [1.29, 1.82) is 0 Å². The lowest BCUT2D eigenvalue weighted by Crippen LogP contribution is -2.04. The van der Waals surface area contributed by atoms with Gasteiger partial charge in [-0.3, -0.25) is 0 Å². The fraction of sp³-hybridized carbons (Fsp3) is 0.154. The standard InChI is InChI=1S/C13H12N8OS/c1-22-12-11(18-13-14-5-16-21-13)17-10(19-20-12)7-2-3-8-9(4-7)23-6-15-8/h2-5,15H,6H2,1H3,(H2,14,16,17,18,19,21). The molecule has 0 saturated heterocycles. The van der Waals surface area contributed by atoms with Crippen molar-refractivity contribution in [1.82, 2.24) is 30.4 Å². The Hall–Kier alpha value is -2.88. The molecule has 1 aromatic carbocycles. The Kier molecular flexibility index (Phi) is 3.42. The molecule has 0 aliphatic carbocycles. The third kappa shape index (κ3) is 2.63. The number of fused-ring (bicyclic) bond motifs is 1. The molecular weight excluding hydrogens is 316 g/mol. The van der Waals surface area contributed by atoms with Gasteiger partial charge in [0.15, 0.2) is 11.6 Å². The zero-order valence-corrected chi connectivity index (χ0v) is 12.9. The van der Waals surface area contributed by atoms with Crippen LogP contribution in [0.15, 0.2) is 29.4 Å². The fourth-order valence-corrected chi connectivity index (χ4v) is 3.04. The SMILES string of the molecule is COc1nnc(-c2ccc3c(c2)SCN3)nc1Nc1ncn[nH]1. The number of hydrogen-bond acceptors (Lipinski definition) is 9. The molecule has 2 aromatic heterocycles. The molecule has 1 aliphatic rings. The van der Waals surface area contributed by atoms with Crippen molar-refractivity contribution in [3.8, 4) is 17.3 Å². The lowest BCUT2D eigenvalue weighted by molar-refractivity contribution is 0.392. The van der Waals surface area contributed by atoms with E-state index in [-0.39, 0.29) is 5.88 Å². The van der Waals surface area contributed by atoms with Crippen LogP contribution in [0.4, 0.5) is 17.5 Å². The summed E-state index contributed by atoms with van der Waals surface area (Å²) in [6.45, 7) is 0. The van der Waals surface area contributed by atoms with Gasteiger partial charge < -0.3 is 15.4 Å². The molecule has 0 bridgehead atoms. The molecule has 9 nitrogen and oxygen atoms in total. The molecular formula is C13H12N8OS. The summed E-state index contributed by atoms with van der Waals surface area (Å²) < 4.78 is 5.18. The van der Waals surface area contributed by atoms with E-state index >= 15 is 0 Å². The van der Waals surface area contributed by atoms with Crippen molar-refractivity contribution in [3.05, 3.63) is 24.5 Å². The lowest BCUT2D eigenvalue weighted by Gasteiger charge is -2.08. The molecule has 0 atom stereocenters. The predicted octanol–water partition coefficient (Wildman–Crippen LogP) is 1.88. The van der Waals surface area contributed by atoms with Gasteiger partial charge in [-0.1, -0.05) is 0 Å². The number of H-pyrrole nitrogens is 1. The first kappa shape index (κ1) is 13.8. The molecule has 0 unspecified atom stereocenters. The number of nitrogens with zero attached hydrogens (tertiary/aromatic N) is 5. The second-order valence-corrected chi connectivity index (χ2v) is 5.65. The number of ether oxygens (including phenoxy) is 1. The zero-order valence-electron chi connectivity index (χ0n) is 12.1. The highest BCUT2D eigenvalue weighted by atomic mass is 32.2. The number of nitrogens with one attached hydrogen (secondary N) is 3. The quantitative estimate of drug-likeness (QED) is 0.660. The highest BCUT2D eigenvalue weighted by molar-refractivity contribution is 7.99. The maximum atomic E-state index is 5.18. The number of benzene rings is 1. The van der Waals surface area contributed by atoms with Gasteiger partial charge in [0, 0.05) is 16.1 Å². The number of aromatic nitrogens is 6. The van der Waals surface area contributed by atoms with Gasteiger partial charge in [0.1, 0.15) is 6.33 Å². The Morgan fingerprint density at radius 2 is 2.26 bits per heavy atom. The lowest BCUT2D eigenvalue weighted by atomic mass is 10.2. The third-order valence-electron chi connectivity index (χ3n) is 3.23. The summed E-state index contributed by atoms with van der Waals surface area (Å²) in [6, 6.07) is 6.02. The van der Waals surface area contributed by atoms with Crippen LogP contribution in [0.2, 0.25) is 0 Å². The maximum Gasteiger partial charge on any atom is 0.277 e. The average molecular weight is 328 g/mol. The molecule has 3 aromatic rings. The Labute approximate surface area is 135 Å². The number of rotatable bonds is 4. The van der Waals surface area contributed by atoms with Crippen LogP contribution in [-0.4, -0.2) is 43.3 Å². The zero-order chi connectivity index (χ0) is 15.6. The normalized spacial score (nSPS) is 12.6. The minimum atomic E-state index is 0.280. The number of aromatic amines is 1. The first-order valence-corrected chi connectivity index (χ1v) is 7.74. The summed E-state index contributed by atoms with van der Waals surface area (Å²) in [6.07, 6.45) is 1.40. The first-order chi connectivity index (χ1) is 11.3. The Bertz CT molecular complexity index is 838. The Morgan fingerprint density at radius 3 is 3.09 bits per heavy atom. The average Bonchev–Trinajstić information content (AvgIpc) is 3.25. The third-order valence-corrected chi connectivity index (χ3v) is 4.17. The van der Waals surface area contributed by atoms with E-state index in [1.54, 1.807) is 11.8 Å². The number of methoxy groups -OCH3 is 1. The number of hydrogen-bond donors (Lipinski definition) is 3. The topological polar surface area (TPSA) is 114 Å². The molecule has 116 valence electrons. The van der Waals surface area contributed by atoms with Gasteiger partial charge >= 0.3 is 0 Å². The van der Waals surface area contributed by atoms with E-state index in [9.17, 15) is 0 Å². The van der Waals surface area contributed by atoms with Crippen LogP contribution >= 0.6 is 11.8 Å². The van der Waals surface area contributed by atoms with Crippen LogP contribution in [-0.2, 0) is 0 Å². The molecule has 4 rings (SSSR count). The van der Waals surface area contributed by atoms with Crippen LogP contribution < -0.4 is 15.4 Å². The monoisotopic (exact) mass is 328 g/mol. The molecule has 0 fully saturated rings. The highest BCUT2D eigenvalue weighted by Gasteiger charge is 2.16. The maximum absolute atomic E-state index is 5.18. The molecule has 3 N–H and O–H groups in total. The highest BCUT2D eigenvalue weighted by Crippen LogP contribution is 2.36. The van der Waals surface area contributed by atoms with E-state index in [0.717, 1.165) is 17.1 Å². The van der Waals surface area contributed by atoms with Gasteiger partial charge in [-0.2, -0.15) is 10.1 Å². The van der Waals surface area contributed by atoms with Crippen LogP contribution in [0.25, 0.3) is 11.4 Å². The van der Waals surface area contributed by atoms with Gasteiger partial charge in [-0.05, 0) is 18.2 Å². The summed E-state index contributed by atoms with van der Waals surface area (Å²) in [4.78, 5) is 9.66. The van der Waals surface area contributed by atoms with E-state index in [1.807, 2.05) is 18.2 Å². The van der Waals surface area contributed by atoms with E-state index in [1.165, 1.54) is 18.3 Å². The van der Waals surface area contributed by atoms with Crippen LogP contribution in [0.3, 0.4) is 0 Å². The molecule has 0 spiro atoms. The summed E-state index contributed by atoms with van der Waals surface area (Å²) in [5.41, 5.74) is 2.01. The van der Waals surface area contributed by atoms with Gasteiger partial charge in [0.25, 0.3) is 5.88 Å². The summed E-state index contributed by atoms with van der Waals surface area (Å²) in [7, 11) is 1.51. The van der Waals surface area contributed by atoms with Gasteiger partial charge in [-0.25, -0.2) is 10.1 Å². The second kappa shape index (κ2) is 5.72. The summed E-state index contributed by atoms with van der Waals surface area (Å²) in [5, 5.41) is 21.0. The molecule has 0 radical (unpaired) electrons. The van der Waals surface area contributed by atoms with Crippen LogP contribution in [0, 0.1) is 0 Å². The van der Waals surface area contributed by atoms with E-state index in [2.05, 4.69) is 41.0 Å². The van der Waals surface area contributed by atoms with E-state index < -0.39 is 0 Å². The van der Waals surface area contributed by atoms with Crippen molar-refractivity contribution >= 4 is 29.2 Å². The molecule has 23 heavy (non-hydrogen) atoms. The van der Waals surface area contributed by atoms with Crippen LogP contribution in [0.1, 0.15) is 0 Å². The second-order valence-electron chi connectivity index (χ2n) is 4.63. The van der Waals surface area contributed by atoms with Crippen LogP contribution in [0.5, 0.6) is 5.88 Å². The molecule has 0 saturated carbocycles.